The fourth-order valence-corrected chi connectivity index (χ4v) is 4.88. The first-order valence-electron chi connectivity index (χ1n) is 9.12. The number of ether oxygens (including phenoxy) is 2. The average molecular weight is 442 g/mol. The molecule has 0 radical (unpaired) electrons. The Labute approximate surface area is 180 Å². The third kappa shape index (κ3) is 4.43. The number of nitrogens with one attached hydrogen (secondary N) is 2. The van der Waals surface area contributed by atoms with Crippen molar-refractivity contribution in [3.63, 3.8) is 0 Å². The highest BCUT2D eigenvalue weighted by Gasteiger charge is 2.14. The van der Waals surface area contributed by atoms with Crippen molar-refractivity contribution in [2.75, 3.05) is 31.0 Å². The van der Waals surface area contributed by atoms with Crippen LogP contribution in [0.5, 0.6) is 5.75 Å². The number of nitrogens with zero attached hydrogens (tertiary/aromatic N) is 1. The molecule has 0 aliphatic heterocycles. The van der Waals surface area contributed by atoms with Gasteiger partial charge in [0.2, 0.25) is 5.91 Å². The number of rotatable bonds is 7. The molecule has 2 heterocycles. The van der Waals surface area contributed by atoms with Crippen LogP contribution in [-0.2, 0) is 14.3 Å². The number of carbonyl (C=O) groups excluding carboxylic acids is 2. The molecule has 0 bridgehead atoms. The molecule has 0 saturated heterocycles. The second-order valence-corrected chi connectivity index (χ2v) is 8.67. The zero-order valence-electron chi connectivity index (χ0n) is 16.4. The van der Waals surface area contributed by atoms with Crippen molar-refractivity contribution in [2.24, 2.45) is 0 Å². The predicted molar refractivity (Wildman–Crippen MR) is 121 cm³/mol. The van der Waals surface area contributed by atoms with E-state index in [1.54, 1.807) is 46.9 Å². The van der Waals surface area contributed by atoms with Crippen LogP contribution in [-0.4, -0.2) is 37.1 Å². The summed E-state index contributed by atoms with van der Waals surface area (Å²) in [5, 5.41) is 9.43. The molecule has 30 heavy (non-hydrogen) atoms. The molecule has 2 aromatic carbocycles. The second-order valence-electron chi connectivity index (χ2n) is 6.52. The maximum atomic E-state index is 12.4. The maximum absolute atomic E-state index is 12.4. The van der Waals surface area contributed by atoms with E-state index in [0.717, 1.165) is 25.3 Å². The highest BCUT2D eigenvalue weighted by atomic mass is 32.1. The van der Waals surface area contributed by atoms with Crippen LogP contribution in [0.2, 0.25) is 0 Å². The zero-order valence-corrected chi connectivity index (χ0v) is 18.0. The second kappa shape index (κ2) is 8.78. The number of aryl methyl sites for hydroxylation is 1. The molecule has 0 atom stereocenters. The summed E-state index contributed by atoms with van der Waals surface area (Å²) in [4.78, 5) is 28.7. The molecular formula is C21H19N3O4S2. The van der Waals surface area contributed by atoms with Gasteiger partial charge in [-0.2, -0.15) is 0 Å². The Balaban J connectivity index is 1.44. The van der Waals surface area contributed by atoms with Crippen LogP contribution in [0.1, 0.15) is 5.01 Å². The molecule has 0 fully saturated rings. The number of hydrogen-bond donors (Lipinski definition) is 2. The smallest absolute Gasteiger partial charge is 0.262 e. The van der Waals surface area contributed by atoms with E-state index >= 15 is 0 Å². The minimum Gasteiger partial charge on any atom is -0.483 e. The number of methoxy groups -OCH3 is 1. The molecule has 4 rings (SSSR count). The third-order valence-electron chi connectivity index (χ3n) is 4.23. The van der Waals surface area contributed by atoms with Crippen molar-refractivity contribution >= 4 is 66.2 Å². The summed E-state index contributed by atoms with van der Waals surface area (Å²) in [6.45, 7) is 1.81. The number of benzene rings is 2. The van der Waals surface area contributed by atoms with E-state index in [1.165, 1.54) is 7.11 Å². The lowest BCUT2D eigenvalue weighted by Gasteiger charge is -2.10. The van der Waals surface area contributed by atoms with Crippen LogP contribution in [0, 0.1) is 6.92 Å². The largest absolute Gasteiger partial charge is 0.483 e. The zero-order chi connectivity index (χ0) is 21.1. The summed E-state index contributed by atoms with van der Waals surface area (Å²) in [5.74, 6) is 0.107. The van der Waals surface area contributed by atoms with Crippen molar-refractivity contribution in [3.05, 3.63) is 46.8 Å². The van der Waals surface area contributed by atoms with E-state index in [9.17, 15) is 9.59 Å². The number of anilines is 2. The topological polar surface area (TPSA) is 89.6 Å². The highest BCUT2D eigenvalue weighted by Crippen LogP contribution is 2.38. The van der Waals surface area contributed by atoms with Crippen LogP contribution >= 0.6 is 22.7 Å². The van der Waals surface area contributed by atoms with Gasteiger partial charge in [0.1, 0.15) is 12.4 Å². The van der Waals surface area contributed by atoms with Crippen molar-refractivity contribution in [3.8, 4) is 5.75 Å². The Morgan fingerprint density at radius 1 is 1.07 bits per heavy atom. The highest BCUT2D eigenvalue weighted by molar-refractivity contribution is 7.21. The lowest BCUT2D eigenvalue weighted by atomic mass is 10.2. The van der Waals surface area contributed by atoms with Gasteiger partial charge < -0.3 is 20.1 Å². The van der Waals surface area contributed by atoms with E-state index in [0.29, 0.717) is 17.1 Å². The van der Waals surface area contributed by atoms with Gasteiger partial charge in [0.05, 0.1) is 19.9 Å². The molecule has 0 aliphatic carbocycles. The summed E-state index contributed by atoms with van der Waals surface area (Å²) in [6.07, 6.45) is 0. The van der Waals surface area contributed by atoms with Crippen LogP contribution in [0.15, 0.2) is 41.8 Å². The summed E-state index contributed by atoms with van der Waals surface area (Å²) in [6, 6.07) is 10.8. The quantitative estimate of drug-likeness (QED) is 0.443. The Morgan fingerprint density at radius 3 is 2.53 bits per heavy atom. The van der Waals surface area contributed by atoms with Crippen molar-refractivity contribution < 1.29 is 19.1 Å². The monoisotopic (exact) mass is 441 g/mol. The van der Waals surface area contributed by atoms with Gasteiger partial charge >= 0.3 is 0 Å². The number of thiazole rings is 1. The van der Waals surface area contributed by atoms with E-state index in [4.69, 9.17) is 9.47 Å². The molecule has 0 spiro atoms. The van der Waals surface area contributed by atoms with E-state index < -0.39 is 0 Å². The SMILES string of the molecule is COCC(=O)Nc1cccc(NC(=O)COc2cc3sc(C)nc3c3sccc23)c1. The van der Waals surface area contributed by atoms with Gasteiger partial charge in [0.15, 0.2) is 6.61 Å². The lowest BCUT2D eigenvalue weighted by Crippen LogP contribution is -2.20. The number of fused-ring (bicyclic) bond motifs is 3. The fourth-order valence-electron chi connectivity index (χ4n) is 3.05. The van der Waals surface area contributed by atoms with E-state index in [2.05, 4.69) is 15.6 Å². The number of amides is 2. The molecule has 0 saturated carbocycles. The minimum atomic E-state index is -0.292. The normalized spacial score (nSPS) is 11.0. The first-order chi connectivity index (χ1) is 14.5. The Morgan fingerprint density at radius 2 is 1.80 bits per heavy atom. The van der Waals surface area contributed by atoms with Gasteiger partial charge in [-0.15, -0.1) is 22.7 Å². The van der Waals surface area contributed by atoms with Crippen LogP contribution < -0.4 is 15.4 Å². The third-order valence-corrected chi connectivity index (χ3v) is 6.07. The van der Waals surface area contributed by atoms with E-state index in [1.807, 2.05) is 24.4 Å². The van der Waals surface area contributed by atoms with Crippen molar-refractivity contribution in [1.29, 1.82) is 0 Å². The number of aromatic nitrogens is 1. The number of thiophene rings is 1. The standard InChI is InChI=1S/C21H19N3O4S2/c1-12-22-20-17(30-12)9-16(15-6-7-29-21(15)20)28-11-19(26)24-14-5-3-4-13(8-14)23-18(25)10-27-2/h3-9H,10-11H2,1-2H3,(H,23,25)(H,24,26). The molecule has 2 aromatic heterocycles. The van der Waals surface area contributed by atoms with Crippen LogP contribution in [0.25, 0.3) is 20.3 Å². The van der Waals surface area contributed by atoms with Gasteiger partial charge in [-0.05, 0) is 36.6 Å². The Bertz CT molecular complexity index is 1230. The summed E-state index contributed by atoms with van der Waals surface area (Å²) >= 11 is 3.21. The summed E-state index contributed by atoms with van der Waals surface area (Å²) in [7, 11) is 1.45. The molecule has 7 nitrogen and oxygen atoms in total. The molecule has 154 valence electrons. The van der Waals surface area contributed by atoms with Gasteiger partial charge in [-0.25, -0.2) is 4.98 Å². The molecule has 2 amide bonds. The van der Waals surface area contributed by atoms with Gasteiger partial charge in [-0.3, -0.25) is 9.59 Å². The molecular weight excluding hydrogens is 422 g/mol. The fraction of sp³-hybridized carbons (Fsp3) is 0.190. The minimum absolute atomic E-state index is 0.0366. The first-order valence-corrected chi connectivity index (χ1v) is 10.8. The average Bonchev–Trinajstić information content (AvgIpc) is 3.32. The first kappa shape index (κ1) is 20.3. The van der Waals surface area contributed by atoms with E-state index in [-0.39, 0.29) is 25.0 Å². The van der Waals surface area contributed by atoms with Gasteiger partial charge in [0.25, 0.3) is 5.91 Å². The van der Waals surface area contributed by atoms with Crippen molar-refractivity contribution in [1.82, 2.24) is 4.98 Å². The number of hydrogen-bond acceptors (Lipinski definition) is 7. The molecule has 0 aliphatic rings. The molecule has 2 N–H and O–H groups in total. The predicted octanol–water partition coefficient (Wildman–Crippen LogP) is 4.42. The Kier molecular flexibility index (Phi) is 5.93. The summed E-state index contributed by atoms with van der Waals surface area (Å²) < 4.78 is 12.7. The maximum Gasteiger partial charge on any atom is 0.262 e. The lowest BCUT2D eigenvalue weighted by molar-refractivity contribution is -0.119. The van der Waals surface area contributed by atoms with Crippen LogP contribution in [0.4, 0.5) is 11.4 Å². The van der Waals surface area contributed by atoms with Gasteiger partial charge in [-0.1, -0.05) is 6.07 Å². The Hall–Kier alpha value is -3.01. The summed E-state index contributed by atoms with van der Waals surface area (Å²) in [5.41, 5.74) is 2.11. The molecule has 9 heteroatoms. The molecule has 4 aromatic rings. The number of carbonyl (C=O) groups is 2. The molecule has 0 unspecified atom stereocenters. The van der Waals surface area contributed by atoms with Gasteiger partial charge in [0, 0.05) is 29.9 Å². The van der Waals surface area contributed by atoms with Crippen LogP contribution in [0.3, 0.4) is 0 Å². The van der Waals surface area contributed by atoms with Crippen molar-refractivity contribution in [2.45, 2.75) is 6.92 Å².